The monoisotopic (exact) mass is 251 g/mol. The minimum absolute atomic E-state index is 0.636. The van der Waals surface area contributed by atoms with Crippen LogP contribution in [0.4, 0.5) is 5.69 Å². The van der Waals surface area contributed by atoms with Crippen molar-refractivity contribution >= 4 is 5.69 Å². The van der Waals surface area contributed by atoms with Gasteiger partial charge in [-0.1, -0.05) is 18.2 Å². The van der Waals surface area contributed by atoms with Crippen molar-refractivity contribution in [3.8, 4) is 17.2 Å². The third-order valence-electron chi connectivity index (χ3n) is 2.84. The lowest BCUT2D eigenvalue weighted by Crippen LogP contribution is -2.00. The van der Waals surface area contributed by atoms with Crippen LogP contribution >= 0.6 is 0 Å². The molecule has 0 aliphatic carbocycles. The summed E-state index contributed by atoms with van der Waals surface area (Å²) in [7, 11) is 0. The smallest absolute Gasteiger partial charge is 0.181 e. The minimum atomic E-state index is 0.636. The fourth-order valence-electron chi connectivity index (χ4n) is 1.89. The Balaban J connectivity index is 2.03. The maximum Gasteiger partial charge on any atom is 0.181 e. The molecule has 19 heavy (non-hydrogen) atoms. The zero-order chi connectivity index (χ0) is 13.2. The predicted molar refractivity (Wildman–Crippen MR) is 73.7 cm³/mol. The Bertz CT molecular complexity index is 717. The van der Waals surface area contributed by atoms with E-state index in [1.54, 1.807) is 17.2 Å². The fraction of sp³-hybridized carbons (Fsp3) is 0.0714. The number of hydrogen-bond donors (Lipinski definition) is 1. The average molecular weight is 251 g/mol. The quantitative estimate of drug-likeness (QED) is 0.709. The van der Waals surface area contributed by atoms with Crippen molar-refractivity contribution in [2.45, 2.75) is 6.92 Å². The van der Waals surface area contributed by atoms with Crippen LogP contribution in [0.3, 0.4) is 0 Å². The van der Waals surface area contributed by atoms with Gasteiger partial charge in [0.25, 0.3) is 0 Å². The number of rotatable bonds is 2. The van der Waals surface area contributed by atoms with Crippen LogP contribution in [0, 0.1) is 6.92 Å². The minimum Gasteiger partial charge on any atom is -0.399 e. The number of pyridine rings is 1. The summed E-state index contributed by atoms with van der Waals surface area (Å²) in [4.78, 5) is 8.61. The van der Waals surface area contributed by atoms with Gasteiger partial charge in [0.1, 0.15) is 6.33 Å². The van der Waals surface area contributed by atoms with Gasteiger partial charge in [0.15, 0.2) is 11.6 Å². The highest BCUT2D eigenvalue weighted by Gasteiger charge is 2.07. The van der Waals surface area contributed by atoms with E-state index < -0.39 is 0 Å². The van der Waals surface area contributed by atoms with Crippen LogP contribution in [-0.4, -0.2) is 19.7 Å². The van der Waals surface area contributed by atoms with Crippen molar-refractivity contribution in [3.63, 3.8) is 0 Å². The van der Waals surface area contributed by atoms with Crippen LogP contribution in [0.25, 0.3) is 17.2 Å². The summed E-state index contributed by atoms with van der Waals surface area (Å²) in [6.45, 7) is 1.99. The predicted octanol–water partition coefficient (Wildman–Crippen LogP) is 2.22. The molecule has 0 unspecified atom stereocenters. The second-order valence-corrected chi connectivity index (χ2v) is 4.28. The number of anilines is 1. The van der Waals surface area contributed by atoms with Crippen LogP contribution in [0.5, 0.6) is 0 Å². The van der Waals surface area contributed by atoms with Crippen molar-refractivity contribution in [3.05, 3.63) is 54.5 Å². The molecule has 2 heterocycles. The van der Waals surface area contributed by atoms with E-state index in [-0.39, 0.29) is 0 Å². The van der Waals surface area contributed by atoms with Gasteiger partial charge >= 0.3 is 0 Å². The van der Waals surface area contributed by atoms with E-state index in [1.807, 2.05) is 43.3 Å². The lowest BCUT2D eigenvalue weighted by atomic mass is 10.2. The van der Waals surface area contributed by atoms with E-state index in [1.165, 1.54) is 0 Å². The van der Waals surface area contributed by atoms with Crippen LogP contribution < -0.4 is 5.73 Å². The standard InChI is InChI=1S/C14H13N5/c1-10-4-3-7-16-14(10)19-9-17-13(18-19)11-5-2-6-12(15)8-11/h2-9H,15H2,1H3. The number of hydrogen-bond acceptors (Lipinski definition) is 4. The summed E-state index contributed by atoms with van der Waals surface area (Å²) >= 11 is 0. The zero-order valence-corrected chi connectivity index (χ0v) is 10.5. The molecule has 0 saturated heterocycles. The van der Waals surface area contributed by atoms with Gasteiger partial charge in [-0.2, -0.15) is 0 Å². The molecule has 3 rings (SSSR count). The number of nitrogen functional groups attached to an aromatic ring is 1. The Morgan fingerprint density at radius 1 is 1.11 bits per heavy atom. The fourth-order valence-corrected chi connectivity index (χ4v) is 1.89. The molecular formula is C14H13N5. The first-order chi connectivity index (χ1) is 9.24. The molecule has 3 aromatic rings. The lowest BCUT2D eigenvalue weighted by molar-refractivity contribution is 0.839. The highest BCUT2D eigenvalue weighted by molar-refractivity contribution is 5.60. The molecule has 2 N–H and O–H groups in total. The zero-order valence-electron chi connectivity index (χ0n) is 10.5. The second-order valence-electron chi connectivity index (χ2n) is 4.28. The van der Waals surface area contributed by atoms with Crippen LogP contribution in [-0.2, 0) is 0 Å². The third kappa shape index (κ3) is 2.18. The van der Waals surface area contributed by atoms with E-state index in [2.05, 4.69) is 15.1 Å². The third-order valence-corrected chi connectivity index (χ3v) is 2.84. The number of aromatic nitrogens is 4. The van der Waals surface area contributed by atoms with Crippen LogP contribution in [0.1, 0.15) is 5.56 Å². The maximum atomic E-state index is 5.76. The molecule has 0 aliphatic rings. The SMILES string of the molecule is Cc1cccnc1-n1cnc(-c2cccc(N)c2)n1. The number of nitrogens with two attached hydrogens (primary N) is 1. The van der Waals surface area contributed by atoms with Gasteiger partial charge in [-0.3, -0.25) is 0 Å². The van der Waals surface area contributed by atoms with Crippen molar-refractivity contribution < 1.29 is 0 Å². The molecule has 0 fully saturated rings. The van der Waals surface area contributed by atoms with Gasteiger partial charge in [0.05, 0.1) is 0 Å². The van der Waals surface area contributed by atoms with Crippen molar-refractivity contribution in [2.75, 3.05) is 5.73 Å². The topological polar surface area (TPSA) is 69.6 Å². The first kappa shape index (κ1) is 11.4. The van der Waals surface area contributed by atoms with Gasteiger partial charge in [0, 0.05) is 17.4 Å². The van der Waals surface area contributed by atoms with Gasteiger partial charge in [-0.25, -0.2) is 14.6 Å². The van der Waals surface area contributed by atoms with Crippen molar-refractivity contribution in [2.24, 2.45) is 0 Å². The molecule has 2 aromatic heterocycles. The van der Waals surface area contributed by atoms with E-state index in [9.17, 15) is 0 Å². The summed E-state index contributed by atoms with van der Waals surface area (Å²) in [5.74, 6) is 1.42. The molecule has 1 aromatic carbocycles. The lowest BCUT2D eigenvalue weighted by Gasteiger charge is -2.02. The first-order valence-electron chi connectivity index (χ1n) is 5.93. The average Bonchev–Trinajstić information content (AvgIpc) is 2.89. The molecule has 0 spiro atoms. The van der Waals surface area contributed by atoms with Gasteiger partial charge in [0.2, 0.25) is 0 Å². The normalized spacial score (nSPS) is 10.6. The van der Waals surface area contributed by atoms with Gasteiger partial charge in [-0.05, 0) is 30.7 Å². The number of benzene rings is 1. The summed E-state index contributed by atoms with van der Waals surface area (Å²) in [6, 6.07) is 11.4. The molecule has 0 saturated carbocycles. The number of aryl methyl sites for hydroxylation is 1. The van der Waals surface area contributed by atoms with E-state index in [4.69, 9.17) is 5.73 Å². The van der Waals surface area contributed by atoms with E-state index in [0.29, 0.717) is 11.5 Å². The molecule has 0 aliphatic heterocycles. The Morgan fingerprint density at radius 2 is 2.00 bits per heavy atom. The molecule has 5 heteroatoms. The first-order valence-corrected chi connectivity index (χ1v) is 5.93. The van der Waals surface area contributed by atoms with Crippen LogP contribution in [0.15, 0.2) is 48.9 Å². The highest BCUT2D eigenvalue weighted by Crippen LogP contribution is 2.18. The number of nitrogens with zero attached hydrogens (tertiary/aromatic N) is 4. The summed E-state index contributed by atoms with van der Waals surface area (Å²) in [6.07, 6.45) is 3.40. The van der Waals surface area contributed by atoms with Gasteiger partial charge in [-0.15, -0.1) is 5.10 Å². The molecule has 0 amide bonds. The summed E-state index contributed by atoms with van der Waals surface area (Å²) in [5, 5.41) is 4.44. The van der Waals surface area contributed by atoms with Crippen LogP contribution in [0.2, 0.25) is 0 Å². The van der Waals surface area contributed by atoms with E-state index >= 15 is 0 Å². The summed E-state index contributed by atoms with van der Waals surface area (Å²) in [5.41, 5.74) is 8.40. The molecule has 0 radical (unpaired) electrons. The second kappa shape index (κ2) is 4.53. The highest BCUT2D eigenvalue weighted by atomic mass is 15.4. The molecule has 94 valence electrons. The largest absolute Gasteiger partial charge is 0.399 e. The molecule has 0 bridgehead atoms. The molecule has 0 atom stereocenters. The summed E-state index contributed by atoms with van der Waals surface area (Å²) < 4.78 is 1.67. The van der Waals surface area contributed by atoms with Gasteiger partial charge < -0.3 is 5.73 Å². The molecule has 5 nitrogen and oxygen atoms in total. The van der Waals surface area contributed by atoms with E-state index in [0.717, 1.165) is 16.9 Å². The van der Waals surface area contributed by atoms with Crippen molar-refractivity contribution in [1.29, 1.82) is 0 Å². The Hall–Kier alpha value is -2.69. The Labute approximate surface area is 110 Å². The maximum absolute atomic E-state index is 5.76. The van der Waals surface area contributed by atoms with Crippen molar-refractivity contribution in [1.82, 2.24) is 19.7 Å². The Kier molecular flexibility index (Phi) is 2.72. The molecular weight excluding hydrogens is 238 g/mol. The Morgan fingerprint density at radius 3 is 2.79 bits per heavy atom.